The van der Waals surface area contributed by atoms with Gasteiger partial charge in [0.15, 0.2) is 9.84 Å². The summed E-state index contributed by atoms with van der Waals surface area (Å²) in [4.78, 5) is 8.38. The number of aryl methyl sites for hydroxylation is 1. The first-order chi connectivity index (χ1) is 8.39. The lowest BCUT2D eigenvalue weighted by molar-refractivity contribution is 0.602. The van der Waals surface area contributed by atoms with E-state index in [0.717, 1.165) is 5.56 Å². The molecule has 0 unspecified atom stereocenters. The maximum atomic E-state index is 11.4. The Labute approximate surface area is 106 Å². The highest BCUT2D eigenvalue weighted by Gasteiger charge is 2.10. The zero-order valence-electron chi connectivity index (χ0n) is 10.1. The Hall–Kier alpha value is -1.95. The van der Waals surface area contributed by atoms with Crippen LogP contribution >= 0.6 is 0 Å². The molecule has 0 aliphatic heterocycles. The number of sulfone groups is 1. The summed E-state index contributed by atoms with van der Waals surface area (Å²) in [6.45, 7) is 1.80. The Balaban J connectivity index is 2.50. The lowest BCUT2D eigenvalue weighted by Gasteiger charge is -2.07. The van der Waals surface area contributed by atoms with Crippen LogP contribution < -0.4 is 5.73 Å². The number of nitrogen functional groups attached to an aromatic ring is 1. The second-order valence-electron chi connectivity index (χ2n) is 4.02. The lowest BCUT2D eigenvalue weighted by atomic mass is 10.1. The fourth-order valence-corrected chi connectivity index (χ4v) is 2.20. The highest BCUT2D eigenvalue weighted by molar-refractivity contribution is 7.90. The molecular formula is C12H13N3O2S. The van der Waals surface area contributed by atoms with Crippen molar-refractivity contribution in [1.82, 2.24) is 9.97 Å². The molecule has 2 rings (SSSR count). The second-order valence-corrected chi connectivity index (χ2v) is 6.03. The molecule has 0 radical (unpaired) electrons. The molecule has 0 aliphatic carbocycles. The van der Waals surface area contributed by atoms with Gasteiger partial charge < -0.3 is 5.73 Å². The summed E-state index contributed by atoms with van der Waals surface area (Å²) in [5.74, 6) is 0. The number of hydrogen-bond donors (Lipinski definition) is 1. The van der Waals surface area contributed by atoms with Crippen molar-refractivity contribution >= 4 is 15.5 Å². The van der Waals surface area contributed by atoms with Gasteiger partial charge in [-0.25, -0.2) is 18.4 Å². The summed E-state index contributed by atoms with van der Waals surface area (Å²) in [6, 6.07) is 6.46. The van der Waals surface area contributed by atoms with Crippen LogP contribution in [-0.2, 0) is 9.84 Å². The first kappa shape index (κ1) is 12.5. The summed E-state index contributed by atoms with van der Waals surface area (Å²) < 4.78 is 22.7. The minimum atomic E-state index is -3.18. The van der Waals surface area contributed by atoms with Gasteiger partial charge in [0.05, 0.1) is 22.0 Å². The molecular weight excluding hydrogens is 250 g/mol. The molecule has 0 aliphatic rings. The summed E-state index contributed by atoms with van der Waals surface area (Å²) in [5.41, 5.74) is 8.48. The highest BCUT2D eigenvalue weighted by Crippen LogP contribution is 2.25. The van der Waals surface area contributed by atoms with Crippen LogP contribution in [0, 0.1) is 6.92 Å². The van der Waals surface area contributed by atoms with E-state index in [1.54, 1.807) is 31.2 Å². The first-order valence-electron chi connectivity index (χ1n) is 5.27. The van der Waals surface area contributed by atoms with Crippen molar-refractivity contribution in [3.63, 3.8) is 0 Å². The van der Waals surface area contributed by atoms with Gasteiger partial charge in [0, 0.05) is 11.8 Å². The lowest BCUT2D eigenvalue weighted by Crippen LogP contribution is -2.00. The van der Waals surface area contributed by atoms with E-state index < -0.39 is 9.84 Å². The van der Waals surface area contributed by atoms with Crippen molar-refractivity contribution in [2.75, 3.05) is 12.0 Å². The third-order valence-corrected chi connectivity index (χ3v) is 3.77. The number of benzene rings is 1. The van der Waals surface area contributed by atoms with E-state index in [0.29, 0.717) is 17.1 Å². The molecule has 6 heteroatoms. The van der Waals surface area contributed by atoms with Crippen molar-refractivity contribution in [1.29, 1.82) is 0 Å². The molecule has 0 spiro atoms. The topological polar surface area (TPSA) is 85.9 Å². The molecule has 1 aromatic carbocycles. The molecule has 94 valence electrons. The minimum absolute atomic E-state index is 0.274. The van der Waals surface area contributed by atoms with Crippen LogP contribution in [-0.4, -0.2) is 24.6 Å². The summed E-state index contributed by atoms with van der Waals surface area (Å²) in [6.07, 6.45) is 2.61. The highest BCUT2D eigenvalue weighted by atomic mass is 32.2. The fraction of sp³-hybridized carbons (Fsp3) is 0.167. The molecule has 2 aromatic rings. The molecule has 0 atom stereocenters. The second kappa shape index (κ2) is 4.38. The molecule has 2 N–H and O–H groups in total. The quantitative estimate of drug-likeness (QED) is 0.886. The molecule has 1 heterocycles. The van der Waals surface area contributed by atoms with Crippen LogP contribution in [0.4, 0.5) is 5.69 Å². The van der Waals surface area contributed by atoms with E-state index in [2.05, 4.69) is 9.97 Å². The van der Waals surface area contributed by atoms with Crippen molar-refractivity contribution < 1.29 is 8.42 Å². The Morgan fingerprint density at radius 3 is 2.28 bits per heavy atom. The van der Waals surface area contributed by atoms with Gasteiger partial charge >= 0.3 is 0 Å². The van der Waals surface area contributed by atoms with Gasteiger partial charge in [-0.1, -0.05) is 12.1 Å². The number of nitrogens with two attached hydrogens (primary N) is 1. The third-order valence-electron chi connectivity index (χ3n) is 2.64. The molecule has 1 aromatic heterocycles. The van der Waals surface area contributed by atoms with Crippen molar-refractivity contribution in [2.45, 2.75) is 11.8 Å². The minimum Gasteiger partial charge on any atom is -0.395 e. The average molecular weight is 263 g/mol. The molecule has 0 saturated carbocycles. The molecule has 0 amide bonds. The summed E-state index contributed by atoms with van der Waals surface area (Å²) in [7, 11) is -3.18. The Kier molecular flexibility index (Phi) is 3.04. The van der Waals surface area contributed by atoms with Crippen LogP contribution in [0.1, 0.15) is 5.69 Å². The Bertz CT molecular complexity index is 679. The zero-order chi connectivity index (χ0) is 13.3. The Morgan fingerprint density at radius 1 is 1.11 bits per heavy atom. The SMILES string of the molecule is Cc1ncnc(-c2ccc(S(C)(=O)=O)cc2)c1N. The van der Waals surface area contributed by atoms with E-state index in [1.807, 2.05) is 0 Å². The maximum absolute atomic E-state index is 11.4. The number of aromatic nitrogens is 2. The van der Waals surface area contributed by atoms with Crippen molar-refractivity contribution in [3.8, 4) is 11.3 Å². The predicted molar refractivity (Wildman–Crippen MR) is 69.7 cm³/mol. The molecule has 0 saturated heterocycles. The number of nitrogens with zero attached hydrogens (tertiary/aromatic N) is 2. The van der Waals surface area contributed by atoms with Gasteiger partial charge in [-0.3, -0.25) is 0 Å². The van der Waals surface area contributed by atoms with Crippen molar-refractivity contribution in [2.24, 2.45) is 0 Å². The first-order valence-corrected chi connectivity index (χ1v) is 7.16. The monoisotopic (exact) mass is 263 g/mol. The Morgan fingerprint density at radius 2 is 1.72 bits per heavy atom. The molecule has 18 heavy (non-hydrogen) atoms. The van der Waals surface area contributed by atoms with Gasteiger partial charge in [-0.2, -0.15) is 0 Å². The van der Waals surface area contributed by atoms with Crippen LogP contribution in [0.5, 0.6) is 0 Å². The fourth-order valence-electron chi connectivity index (χ4n) is 1.57. The predicted octanol–water partition coefficient (Wildman–Crippen LogP) is 1.44. The standard InChI is InChI=1S/C12H13N3O2S/c1-8-11(13)12(15-7-14-8)9-3-5-10(6-4-9)18(2,16)17/h3-7H,13H2,1-2H3. The third kappa shape index (κ3) is 2.33. The van der Waals surface area contributed by atoms with Gasteiger partial charge in [0.1, 0.15) is 6.33 Å². The number of anilines is 1. The van der Waals surface area contributed by atoms with Crippen LogP contribution in [0.3, 0.4) is 0 Å². The maximum Gasteiger partial charge on any atom is 0.175 e. The van der Waals surface area contributed by atoms with E-state index in [4.69, 9.17) is 5.73 Å². The smallest absolute Gasteiger partial charge is 0.175 e. The molecule has 5 nitrogen and oxygen atoms in total. The number of rotatable bonds is 2. The van der Waals surface area contributed by atoms with Crippen LogP contribution in [0.2, 0.25) is 0 Å². The normalized spacial score (nSPS) is 11.4. The van der Waals surface area contributed by atoms with E-state index in [9.17, 15) is 8.42 Å². The van der Waals surface area contributed by atoms with E-state index in [1.165, 1.54) is 12.6 Å². The summed E-state index contributed by atoms with van der Waals surface area (Å²) in [5, 5.41) is 0. The summed E-state index contributed by atoms with van der Waals surface area (Å²) >= 11 is 0. The van der Waals surface area contributed by atoms with Gasteiger partial charge in [-0.05, 0) is 19.1 Å². The average Bonchev–Trinajstić information content (AvgIpc) is 2.32. The molecule has 0 fully saturated rings. The van der Waals surface area contributed by atoms with Gasteiger partial charge in [-0.15, -0.1) is 0 Å². The molecule has 0 bridgehead atoms. The van der Waals surface area contributed by atoms with Crippen LogP contribution in [0.15, 0.2) is 35.5 Å². The zero-order valence-corrected chi connectivity index (χ0v) is 10.9. The van der Waals surface area contributed by atoms with E-state index in [-0.39, 0.29) is 4.90 Å². The largest absolute Gasteiger partial charge is 0.395 e. The van der Waals surface area contributed by atoms with E-state index >= 15 is 0 Å². The number of hydrogen-bond acceptors (Lipinski definition) is 5. The van der Waals surface area contributed by atoms with Crippen molar-refractivity contribution in [3.05, 3.63) is 36.3 Å². The van der Waals surface area contributed by atoms with Gasteiger partial charge in [0.2, 0.25) is 0 Å². The van der Waals surface area contributed by atoms with Crippen LogP contribution in [0.25, 0.3) is 11.3 Å². The van der Waals surface area contributed by atoms with Gasteiger partial charge in [0.25, 0.3) is 0 Å².